The molecule has 1 saturated carbocycles. The Morgan fingerprint density at radius 1 is 1.29 bits per heavy atom. The molecule has 0 atom stereocenters. The highest BCUT2D eigenvalue weighted by Crippen LogP contribution is 2.34. The normalized spacial score (nSPS) is 17.4. The first-order valence-corrected chi connectivity index (χ1v) is 6.49. The quantitative estimate of drug-likeness (QED) is 0.822. The lowest BCUT2D eigenvalue weighted by atomic mass is 9.78. The van der Waals surface area contributed by atoms with Gasteiger partial charge in [-0.1, -0.05) is 6.92 Å². The summed E-state index contributed by atoms with van der Waals surface area (Å²) in [6.07, 6.45) is 4.87. The van der Waals surface area contributed by atoms with Crippen molar-refractivity contribution < 1.29 is 0 Å². The maximum Gasteiger partial charge on any atom is 0.132 e. The summed E-state index contributed by atoms with van der Waals surface area (Å²) in [6, 6.07) is 2.01. The molecule has 0 saturated heterocycles. The molecule has 0 radical (unpaired) electrons. The number of aromatic nitrogens is 2. The van der Waals surface area contributed by atoms with Gasteiger partial charge in [-0.25, -0.2) is 9.97 Å². The summed E-state index contributed by atoms with van der Waals surface area (Å²) < 4.78 is 0. The van der Waals surface area contributed by atoms with Gasteiger partial charge in [-0.3, -0.25) is 0 Å². The largest absolute Gasteiger partial charge is 0.370 e. The van der Waals surface area contributed by atoms with E-state index in [-0.39, 0.29) is 5.54 Å². The first kappa shape index (κ1) is 12.1. The second-order valence-corrected chi connectivity index (χ2v) is 5.15. The second-order valence-electron chi connectivity index (χ2n) is 5.15. The number of aryl methyl sites for hydroxylation is 1. The van der Waals surface area contributed by atoms with Crippen LogP contribution in [0.2, 0.25) is 0 Å². The van der Waals surface area contributed by atoms with E-state index in [1.165, 1.54) is 19.3 Å². The van der Waals surface area contributed by atoms with Crippen molar-refractivity contribution in [2.45, 2.75) is 52.0 Å². The van der Waals surface area contributed by atoms with Crippen LogP contribution in [0.3, 0.4) is 0 Å². The van der Waals surface area contributed by atoms with Gasteiger partial charge in [-0.2, -0.15) is 0 Å². The van der Waals surface area contributed by atoms with Crippen LogP contribution in [-0.4, -0.2) is 22.1 Å². The molecular weight excluding hydrogens is 212 g/mol. The van der Waals surface area contributed by atoms with Gasteiger partial charge in [0.05, 0.1) is 0 Å². The first-order chi connectivity index (χ1) is 8.11. The molecule has 0 aliphatic heterocycles. The first-order valence-electron chi connectivity index (χ1n) is 6.49. The number of hydrogen-bond acceptors (Lipinski definition) is 4. The van der Waals surface area contributed by atoms with Gasteiger partial charge in [0.25, 0.3) is 0 Å². The summed E-state index contributed by atoms with van der Waals surface area (Å²) in [7, 11) is 0. The third kappa shape index (κ3) is 3.08. The number of hydrogen-bond donors (Lipinski definition) is 2. The number of nitrogens with zero attached hydrogens (tertiary/aromatic N) is 2. The Labute approximate surface area is 103 Å². The Bertz CT molecular complexity index is 385. The van der Waals surface area contributed by atoms with Gasteiger partial charge in [0.2, 0.25) is 0 Å². The molecule has 4 nitrogen and oxygen atoms in total. The molecule has 0 unspecified atom stereocenters. The molecular formula is C13H22N4. The van der Waals surface area contributed by atoms with Crippen LogP contribution in [0.5, 0.6) is 0 Å². The minimum Gasteiger partial charge on any atom is -0.370 e. The summed E-state index contributed by atoms with van der Waals surface area (Å²) in [6.45, 7) is 7.29. The highest BCUT2D eigenvalue weighted by atomic mass is 15.1. The third-order valence-electron chi connectivity index (χ3n) is 3.28. The van der Waals surface area contributed by atoms with E-state index in [4.69, 9.17) is 0 Å². The van der Waals surface area contributed by atoms with Gasteiger partial charge in [-0.05, 0) is 39.5 Å². The lowest BCUT2D eigenvalue weighted by Gasteiger charge is -2.39. The molecule has 1 aliphatic rings. The summed E-state index contributed by atoms with van der Waals surface area (Å²) in [4.78, 5) is 8.83. The van der Waals surface area contributed by atoms with Crippen molar-refractivity contribution >= 4 is 11.6 Å². The summed E-state index contributed by atoms with van der Waals surface area (Å²) in [5, 5.41) is 6.83. The zero-order valence-corrected chi connectivity index (χ0v) is 11.0. The number of rotatable bonds is 5. The molecule has 94 valence electrons. The lowest BCUT2D eigenvalue weighted by Crippen LogP contribution is -2.41. The zero-order valence-electron chi connectivity index (χ0n) is 11.0. The fourth-order valence-corrected chi connectivity index (χ4v) is 2.12. The van der Waals surface area contributed by atoms with E-state index in [9.17, 15) is 0 Å². The third-order valence-corrected chi connectivity index (χ3v) is 3.28. The van der Waals surface area contributed by atoms with E-state index in [0.29, 0.717) is 0 Å². The minimum atomic E-state index is 0.239. The fraction of sp³-hybridized carbons (Fsp3) is 0.692. The topological polar surface area (TPSA) is 49.8 Å². The van der Waals surface area contributed by atoms with E-state index in [0.717, 1.165) is 30.4 Å². The van der Waals surface area contributed by atoms with Crippen molar-refractivity contribution in [2.24, 2.45) is 0 Å². The maximum atomic E-state index is 4.45. The Balaban J connectivity index is 2.08. The van der Waals surface area contributed by atoms with Gasteiger partial charge >= 0.3 is 0 Å². The van der Waals surface area contributed by atoms with Crippen LogP contribution >= 0.6 is 0 Å². The van der Waals surface area contributed by atoms with Crippen molar-refractivity contribution in [3.05, 3.63) is 11.9 Å². The number of nitrogens with one attached hydrogen (secondary N) is 2. The molecule has 1 aliphatic carbocycles. The highest BCUT2D eigenvalue weighted by molar-refractivity contribution is 5.49. The zero-order chi connectivity index (χ0) is 12.3. The molecule has 4 heteroatoms. The van der Waals surface area contributed by atoms with Gasteiger partial charge in [0.1, 0.15) is 17.5 Å². The van der Waals surface area contributed by atoms with Crippen molar-refractivity contribution in [1.82, 2.24) is 9.97 Å². The smallest absolute Gasteiger partial charge is 0.132 e. The summed E-state index contributed by atoms with van der Waals surface area (Å²) in [5.74, 6) is 2.68. The molecule has 0 aromatic carbocycles. The average Bonchev–Trinajstić information content (AvgIpc) is 2.23. The van der Waals surface area contributed by atoms with Crippen LogP contribution in [-0.2, 0) is 0 Å². The van der Waals surface area contributed by atoms with Crippen molar-refractivity contribution in [3.8, 4) is 0 Å². The van der Waals surface area contributed by atoms with Crippen LogP contribution in [0.1, 0.15) is 45.4 Å². The van der Waals surface area contributed by atoms with Gasteiger partial charge in [0.15, 0.2) is 0 Å². The Kier molecular flexibility index (Phi) is 3.50. The molecule has 2 N–H and O–H groups in total. The van der Waals surface area contributed by atoms with Crippen molar-refractivity contribution in [1.29, 1.82) is 0 Å². The fourth-order valence-electron chi connectivity index (χ4n) is 2.12. The average molecular weight is 234 g/mol. The summed E-state index contributed by atoms with van der Waals surface area (Å²) in [5.41, 5.74) is 0.239. The van der Waals surface area contributed by atoms with Crippen LogP contribution < -0.4 is 10.6 Å². The van der Waals surface area contributed by atoms with Crippen LogP contribution in [0.25, 0.3) is 0 Å². The van der Waals surface area contributed by atoms with Gasteiger partial charge in [-0.15, -0.1) is 0 Å². The van der Waals surface area contributed by atoms with Crippen LogP contribution in [0.15, 0.2) is 6.07 Å². The standard InChI is InChI=1S/C13H22N4/c1-4-8-14-11-9-12(16-10(2)15-11)17-13(3)6-5-7-13/h9H,4-8H2,1-3H3,(H2,14,15,16,17). The van der Waals surface area contributed by atoms with E-state index in [1.54, 1.807) is 0 Å². The van der Waals surface area contributed by atoms with Crippen LogP contribution in [0, 0.1) is 6.92 Å². The Hall–Kier alpha value is -1.32. The minimum absolute atomic E-state index is 0.239. The van der Waals surface area contributed by atoms with E-state index in [2.05, 4.69) is 34.4 Å². The van der Waals surface area contributed by atoms with E-state index < -0.39 is 0 Å². The SMILES string of the molecule is CCCNc1cc(NC2(C)CCC2)nc(C)n1. The highest BCUT2D eigenvalue weighted by Gasteiger charge is 2.31. The molecule has 1 heterocycles. The molecule has 0 bridgehead atoms. The number of anilines is 2. The molecule has 0 spiro atoms. The monoisotopic (exact) mass is 234 g/mol. The molecule has 2 rings (SSSR count). The molecule has 0 amide bonds. The van der Waals surface area contributed by atoms with E-state index >= 15 is 0 Å². The van der Waals surface area contributed by atoms with Crippen molar-refractivity contribution in [2.75, 3.05) is 17.2 Å². The van der Waals surface area contributed by atoms with E-state index in [1.807, 2.05) is 13.0 Å². The van der Waals surface area contributed by atoms with Gasteiger partial charge in [0, 0.05) is 18.2 Å². The predicted molar refractivity (Wildman–Crippen MR) is 71.4 cm³/mol. The Morgan fingerprint density at radius 3 is 2.59 bits per heavy atom. The van der Waals surface area contributed by atoms with Gasteiger partial charge < -0.3 is 10.6 Å². The van der Waals surface area contributed by atoms with Crippen molar-refractivity contribution in [3.63, 3.8) is 0 Å². The predicted octanol–water partition coefficient (Wildman–Crippen LogP) is 2.96. The summed E-state index contributed by atoms with van der Waals surface area (Å²) >= 11 is 0. The lowest BCUT2D eigenvalue weighted by molar-refractivity contribution is 0.305. The van der Waals surface area contributed by atoms with Crippen LogP contribution in [0.4, 0.5) is 11.6 Å². The maximum absolute atomic E-state index is 4.45. The molecule has 17 heavy (non-hydrogen) atoms. The molecule has 1 aromatic heterocycles. The molecule has 1 fully saturated rings. The second kappa shape index (κ2) is 4.90. The Morgan fingerprint density at radius 2 is 2.00 bits per heavy atom. The molecule has 1 aromatic rings.